The lowest BCUT2D eigenvalue weighted by molar-refractivity contribution is -0.155. The molecule has 0 saturated heterocycles. The zero-order valence-corrected chi connectivity index (χ0v) is 36.8. The van der Waals surface area contributed by atoms with Crippen LogP contribution >= 0.6 is 0 Å². The number of esters is 2. The molecule has 0 saturated carbocycles. The Kier molecular flexibility index (Phi) is 44.9. The molecule has 0 rings (SSSR count). The van der Waals surface area contributed by atoms with Crippen molar-refractivity contribution in [3.05, 3.63) is 12.2 Å². The van der Waals surface area contributed by atoms with E-state index in [0.29, 0.717) is 19.4 Å². The first-order valence-corrected chi connectivity index (χ1v) is 24.2. The minimum atomic E-state index is -0.392. The third-order valence-electron chi connectivity index (χ3n) is 10.8. The van der Waals surface area contributed by atoms with Crippen LogP contribution in [0, 0.1) is 0 Å². The summed E-state index contributed by atoms with van der Waals surface area (Å²) in [7, 11) is 0. The van der Waals surface area contributed by atoms with E-state index < -0.39 is 6.10 Å². The summed E-state index contributed by atoms with van der Waals surface area (Å²) in [6.45, 7) is 7.72. The Morgan fingerprint density at radius 1 is 0.370 bits per heavy atom. The molecule has 0 spiro atoms. The van der Waals surface area contributed by atoms with E-state index in [1.165, 1.54) is 180 Å². The number of carbonyl (C=O) groups is 2. The summed E-state index contributed by atoms with van der Waals surface area (Å²) < 4.78 is 17.4. The standard InChI is InChI=1S/C49H94O5/c1-4-7-10-13-16-19-22-23-24-25-26-29-32-35-38-41-44-52-47(45-53-48(50)42-39-36-33-30-27-20-17-14-11-8-5-2)46-54-49(51)43-40-37-34-31-28-21-18-15-12-9-6-3/h14,17,47H,4-13,15-16,18-46H2,1-3H3/b17-14-/t47-/m1/s1. The third kappa shape index (κ3) is 43.4. The number of ether oxygens (including phenoxy) is 3. The number of carbonyl (C=O) groups excluding carboxylic acids is 2. The summed E-state index contributed by atoms with van der Waals surface area (Å²) in [6, 6.07) is 0. The molecule has 0 aliphatic heterocycles. The average molecular weight is 763 g/mol. The van der Waals surface area contributed by atoms with Crippen LogP contribution in [-0.4, -0.2) is 37.9 Å². The summed E-state index contributed by atoms with van der Waals surface area (Å²) in [5.74, 6) is -0.332. The molecule has 0 fully saturated rings. The molecule has 0 aliphatic carbocycles. The van der Waals surface area contributed by atoms with Crippen LogP contribution in [0.1, 0.15) is 265 Å². The topological polar surface area (TPSA) is 61.8 Å². The Labute approximate surface area is 337 Å². The maximum atomic E-state index is 12.5. The lowest BCUT2D eigenvalue weighted by Crippen LogP contribution is -2.29. The number of rotatable bonds is 45. The van der Waals surface area contributed by atoms with E-state index in [2.05, 4.69) is 32.9 Å². The first kappa shape index (κ1) is 52.6. The van der Waals surface area contributed by atoms with Crippen molar-refractivity contribution in [2.24, 2.45) is 0 Å². The molecule has 0 N–H and O–H groups in total. The van der Waals surface area contributed by atoms with Crippen molar-refractivity contribution in [1.82, 2.24) is 0 Å². The molecule has 0 aromatic carbocycles. The fourth-order valence-corrected chi connectivity index (χ4v) is 7.11. The van der Waals surface area contributed by atoms with Gasteiger partial charge in [-0.05, 0) is 38.5 Å². The van der Waals surface area contributed by atoms with Gasteiger partial charge in [-0.15, -0.1) is 0 Å². The largest absolute Gasteiger partial charge is 0.463 e. The van der Waals surface area contributed by atoms with Gasteiger partial charge in [-0.3, -0.25) is 9.59 Å². The molecule has 54 heavy (non-hydrogen) atoms. The minimum Gasteiger partial charge on any atom is -0.463 e. The summed E-state index contributed by atoms with van der Waals surface area (Å²) in [4.78, 5) is 25.0. The monoisotopic (exact) mass is 763 g/mol. The van der Waals surface area contributed by atoms with Gasteiger partial charge in [0, 0.05) is 19.4 Å². The number of allylic oxidation sites excluding steroid dienone is 2. The number of hydrogen-bond donors (Lipinski definition) is 0. The minimum absolute atomic E-state index is 0.160. The predicted molar refractivity (Wildman–Crippen MR) is 233 cm³/mol. The van der Waals surface area contributed by atoms with Crippen LogP contribution in [0.15, 0.2) is 12.2 Å². The van der Waals surface area contributed by atoms with Crippen molar-refractivity contribution in [3.8, 4) is 0 Å². The van der Waals surface area contributed by atoms with Crippen molar-refractivity contribution < 1.29 is 23.8 Å². The van der Waals surface area contributed by atoms with Crippen molar-refractivity contribution in [1.29, 1.82) is 0 Å². The normalized spacial score (nSPS) is 12.1. The molecule has 5 heteroatoms. The van der Waals surface area contributed by atoms with E-state index >= 15 is 0 Å². The maximum Gasteiger partial charge on any atom is 0.305 e. The second-order valence-corrected chi connectivity index (χ2v) is 16.4. The Morgan fingerprint density at radius 3 is 1.04 bits per heavy atom. The van der Waals surface area contributed by atoms with Gasteiger partial charge in [0.15, 0.2) is 0 Å². The predicted octanol–water partition coefficient (Wildman–Crippen LogP) is 15.9. The molecule has 0 aromatic rings. The van der Waals surface area contributed by atoms with E-state index in [4.69, 9.17) is 14.2 Å². The second kappa shape index (κ2) is 46.0. The maximum absolute atomic E-state index is 12.5. The molecule has 320 valence electrons. The van der Waals surface area contributed by atoms with E-state index in [9.17, 15) is 9.59 Å². The zero-order valence-electron chi connectivity index (χ0n) is 36.8. The Morgan fingerprint density at radius 2 is 0.667 bits per heavy atom. The van der Waals surface area contributed by atoms with Crippen LogP contribution in [0.3, 0.4) is 0 Å². The lowest BCUT2D eigenvalue weighted by Gasteiger charge is -2.18. The summed E-state index contributed by atoms with van der Waals surface area (Å²) >= 11 is 0. The summed E-state index contributed by atoms with van der Waals surface area (Å²) in [5, 5.41) is 0. The molecule has 1 atom stereocenters. The van der Waals surface area contributed by atoms with Gasteiger partial charge in [-0.2, -0.15) is 0 Å². The highest BCUT2D eigenvalue weighted by Gasteiger charge is 2.16. The highest BCUT2D eigenvalue weighted by molar-refractivity contribution is 5.69. The SMILES string of the molecule is CCCC/C=C\CCCCCCCC(=O)OC[C@H](COC(=O)CCCCCCCCCCCCC)OCCCCCCCCCCCCCCCCCC. The van der Waals surface area contributed by atoms with Crippen LogP contribution < -0.4 is 0 Å². The van der Waals surface area contributed by atoms with Gasteiger partial charge in [-0.1, -0.05) is 226 Å². The van der Waals surface area contributed by atoms with Gasteiger partial charge in [0.2, 0.25) is 0 Å². The lowest BCUT2D eigenvalue weighted by atomic mass is 10.0. The quantitative estimate of drug-likeness (QED) is 0.0351. The first-order chi connectivity index (χ1) is 26.6. The highest BCUT2D eigenvalue weighted by Crippen LogP contribution is 2.15. The zero-order chi connectivity index (χ0) is 39.3. The van der Waals surface area contributed by atoms with Gasteiger partial charge < -0.3 is 14.2 Å². The highest BCUT2D eigenvalue weighted by atomic mass is 16.6. The molecule has 0 bridgehead atoms. The van der Waals surface area contributed by atoms with E-state index in [-0.39, 0.29) is 25.2 Å². The molecule has 0 aromatic heterocycles. The van der Waals surface area contributed by atoms with Crippen LogP contribution in [0.2, 0.25) is 0 Å². The van der Waals surface area contributed by atoms with Gasteiger partial charge in [0.1, 0.15) is 19.3 Å². The van der Waals surface area contributed by atoms with Crippen LogP contribution in [0.4, 0.5) is 0 Å². The van der Waals surface area contributed by atoms with Crippen molar-refractivity contribution in [3.63, 3.8) is 0 Å². The fourth-order valence-electron chi connectivity index (χ4n) is 7.11. The van der Waals surface area contributed by atoms with Crippen molar-refractivity contribution in [2.75, 3.05) is 19.8 Å². The molecular weight excluding hydrogens is 669 g/mol. The van der Waals surface area contributed by atoms with Gasteiger partial charge in [0.25, 0.3) is 0 Å². The molecule has 0 unspecified atom stereocenters. The van der Waals surface area contributed by atoms with Gasteiger partial charge in [0.05, 0.1) is 0 Å². The second-order valence-electron chi connectivity index (χ2n) is 16.4. The first-order valence-electron chi connectivity index (χ1n) is 24.2. The van der Waals surface area contributed by atoms with E-state index in [0.717, 1.165) is 51.4 Å². The van der Waals surface area contributed by atoms with Gasteiger partial charge in [-0.25, -0.2) is 0 Å². The number of unbranched alkanes of at least 4 members (excludes halogenated alkanes) is 32. The fraction of sp³-hybridized carbons (Fsp3) is 0.918. The average Bonchev–Trinajstić information content (AvgIpc) is 3.17. The molecule has 0 amide bonds. The van der Waals surface area contributed by atoms with Crippen molar-refractivity contribution in [2.45, 2.75) is 271 Å². The smallest absolute Gasteiger partial charge is 0.305 e. The van der Waals surface area contributed by atoms with Crippen LogP contribution in [0.5, 0.6) is 0 Å². The van der Waals surface area contributed by atoms with E-state index in [1.54, 1.807) is 0 Å². The third-order valence-corrected chi connectivity index (χ3v) is 10.8. The summed E-state index contributed by atoms with van der Waals surface area (Å²) in [6.07, 6.45) is 50.9. The van der Waals surface area contributed by atoms with E-state index in [1.807, 2.05) is 0 Å². The number of hydrogen-bond acceptors (Lipinski definition) is 5. The summed E-state index contributed by atoms with van der Waals surface area (Å²) in [5.41, 5.74) is 0. The van der Waals surface area contributed by atoms with Crippen molar-refractivity contribution >= 4 is 11.9 Å². The molecule has 5 nitrogen and oxygen atoms in total. The molecular formula is C49H94O5. The van der Waals surface area contributed by atoms with Crippen LogP contribution in [0.25, 0.3) is 0 Å². The molecule has 0 radical (unpaired) electrons. The Bertz CT molecular complexity index is 780. The Hall–Kier alpha value is -1.36. The Balaban J connectivity index is 4.19. The molecule has 0 heterocycles. The van der Waals surface area contributed by atoms with Gasteiger partial charge >= 0.3 is 11.9 Å². The molecule has 0 aliphatic rings. The van der Waals surface area contributed by atoms with Crippen LogP contribution in [-0.2, 0) is 23.8 Å².